The van der Waals surface area contributed by atoms with Crippen LogP contribution in [0, 0.1) is 5.82 Å². The van der Waals surface area contributed by atoms with Crippen molar-refractivity contribution in [2.45, 2.75) is 4.90 Å². The van der Waals surface area contributed by atoms with Gasteiger partial charge in [0.2, 0.25) is 9.84 Å². The fourth-order valence-electron chi connectivity index (χ4n) is 2.37. The first-order valence-electron chi connectivity index (χ1n) is 6.75. The first kappa shape index (κ1) is 16.5. The summed E-state index contributed by atoms with van der Waals surface area (Å²) in [5, 5.41) is -0.119. The lowest BCUT2D eigenvalue weighted by Gasteiger charge is -2.28. The van der Waals surface area contributed by atoms with Gasteiger partial charge in [-0.3, -0.25) is 0 Å². The van der Waals surface area contributed by atoms with Crippen LogP contribution in [-0.2, 0) is 19.4 Å². The maximum absolute atomic E-state index is 13.4. The highest BCUT2D eigenvalue weighted by Gasteiger charge is 2.36. The lowest BCUT2D eigenvalue weighted by Crippen LogP contribution is -2.26. The third-order valence-electron chi connectivity index (χ3n) is 3.52. The molecule has 0 bridgehead atoms. The van der Waals surface area contributed by atoms with Crippen LogP contribution in [0.2, 0.25) is 5.02 Å². The van der Waals surface area contributed by atoms with E-state index in [0.29, 0.717) is 11.4 Å². The molecule has 5 nitrogen and oxygen atoms in total. The molecule has 0 saturated heterocycles. The highest BCUT2D eigenvalue weighted by molar-refractivity contribution is 7.96. The molecule has 2 aromatic rings. The van der Waals surface area contributed by atoms with E-state index in [2.05, 4.69) is 4.74 Å². The Morgan fingerprint density at radius 1 is 1.21 bits per heavy atom. The topological polar surface area (TPSA) is 63.7 Å². The van der Waals surface area contributed by atoms with Crippen molar-refractivity contribution < 1.29 is 22.3 Å². The summed E-state index contributed by atoms with van der Waals surface area (Å²) >= 11 is 5.81. The van der Waals surface area contributed by atoms with E-state index in [4.69, 9.17) is 11.6 Å². The third kappa shape index (κ3) is 2.55. The zero-order chi connectivity index (χ0) is 17.5. The number of carbonyl (C=O) groups is 1. The van der Waals surface area contributed by atoms with Crippen molar-refractivity contribution >= 4 is 38.8 Å². The summed E-state index contributed by atoms with van der Waals surface area (Å²) in [6.07, 6.45) is 1.15. The predicted molar refractivity (Wildman–Crippen MR) is 87.3 cm³/mol. The zero-order valence-electron chi connectivity index (χ0n) is 12.4. The van der Waals surface area contributed by atoms with Crippen LogP contribution >= 0.6 is 11.6 Å². The highest BCUT2D eigenvalue weighted by Crippen LogP contribution is 2.40. The van der Waals surface area contributed by atoms with Crippen molar-refractivity contribution in [2.75, 3.05) is 12.0 Å². The number of para-hydroxylation sites is 1. The number of methoxy groups -OCH3 is 1. The van der Waals surface area contributed by atoms with Gasteiger partial charge in [0.1, 0.15) is 5.82 Å². The molecular formula is C16H11ClFNO4S. The minimum Gasteiger partial charge on any atom is -0.465 e. The monoisotopic (exact) mass is 367 g/mol. The predicted octanol–water partition coefficient (Wildman–Crippen LogP) is 3.42. The standard InChI is InChI=1S/C16H11ClFNO4S/c1-23-16(20)15-9-19(10-6-7-12(18)11(17)8-10)13-4-2-3-5-14(13)24(15,21)22/h2-9H,1H3. The second-order valence-electron chi connectivity index (χ2n) is 4.92. The van der Waals surface area contributed by atoms with Gasteiger partial charge in [-0.25, -0.2) is 17.6 Å². The normalized spacial score (nSPS) is 15.5. The van der Waals surface area contributed by atoms with Gasteiger partial charge in [0.15, 0.2) is 4.91 Å². The molecule has 1 heterocycles. The Hall–Kier alpha value is -2.38. The molecule has 0 N–H and O–H groups in total. The van der Waals surface area contributed by atoms with Gasteiger partial charge in [-0.15, -0.1) is 0 Å². The van der Waals surface area contributed by atoms with E-state index in [1.54, 1.807) is 18.2 Å². The van der Waals surface area contributed by atoms with E-state index in [9.17, 15) is 17.6 Å². The maximum Gasteiger partial charge on any atom is 0.351 e. The van der Waals surface area contributed by atoms with Crippen molar-refractivity contribution in [3.05, 3.63) is 64.4 Å². The summed E-state index contributed by atoms with van der Waals surface area (Å²) in [4.78, 5) is 12.8. The maximum atomic E-state index is 13.4. The molecule has 0 unspecified atom stereocenters. The van der Waals surface area contributed by atoms with Crippen molar-refractivity contribution in [3.8, 4) is 0 Å². The Bertz CT molecular complexity index is 972. The van der Waals surface area contributed by atoms with Gasteiger partial charge in [-0.2, -0.15) is 0 Å². The molecule has 0 aliphatic carbocycles. The van der Waals surface area contributed by atoms with Gasteiger partial charge >= 0.3 is 5.97 Å². The number of anilines is 2. The molecule has 0 aromatic heterocycles. The Labute approximate surface area is 142 Å². The number of halogens is 2. The molecule has 0 spiro atoms. The van der Waals surface area contributed by atoms with Crippen LogP contribution in [0.4, 0.5) is 15.8 Å². The van der Waals surface area contributed by atoms with E-state index in [0.717, 1.165) is 19.4 Å². The van der Waals surface area contributed by atoms with E-state index in [1.807, 2.05) is 0 Å². The minimum absolute atomic E-state index is 0.0478. The number of rotatable bonds is 2. The van der Waals surface area contributed by atoms with E-state index in [-0.39, 0.29) is 9.92 Å². The van der Waals surface area contributed by atoms with Crippen LogP contribution in [0.15, 0.2) is 58.5 Å². The Morgan fingerprint density at radius 3 is 2.58 bits per heavy atom. The molecule has 8 heteroatoms. The molecule has 0 amide bonds. The molecule has 3 rings (SSSR count). The molecule has 0 radical (unpaired) electrons. The van der Waals surface area contributed by atoms with Crippen LogP contribution in [0.1, 0.15) is 0 Å². The molecule has 2 aromatic carbocycles. The number of ether oxygens (including phenoxy) is 1. The van der Waals surface area contributed by atoms with E-state index >= 15 is 0 Å². The third-order valence-corrected chi connectivity index (χ3v) is 5.58. The number of fused-ring (bicyclic) bond motifs is 1. The molecule has 0 saturated carbocycles. The average molecular weight is 368 g/mol. The number of hydrogen-bond donors (Lipinski definition) is 0. The van der Waals surface area contributed by atoms with Gasteiger partial charge in [0.05, 0.1) is 22.7 Å². The second kappa shape index (κ2) is 5.92. The smallest absolute Gasteiger partial charge is 0.351 e. The lowest BCUT2D eigenvalue weighted by molar-refractivity contribution is -0.135. The first-order valence-corrected chi connectivity index (χ1v) is 8.61. The van der Waals surface area contributed by atoms with Gasteiger partial charge in [0.25, 0.3) is 0 Å². The number of benzene rings is 2. The fourth-order valence-corrected chi connectivity index (χ4v) is 4.03. The quantitative estimate of drug-likeness (QED) is 0.761. The first-order chi connectivity index (χ1) is 11.4. The van der Waals surface area contributed by atoms with Crippen molar-refractivity contribution in [1.29, 1.82) is 0 Å². The summed E-state index contributed by atoms with van der Waals surface area (Å²) in [5.74, 6) is -1.58. The Kier molecular flexibility index (Phi) is 4.06. The number of nitrogens with zero attached hydrogens (tertiary/aromatic N) is 1. The van der Waals surface area contributed by atoms with Crippen molar-refractivity contribution in [3.63, 3.8) is 0 Å². The molecule has 0 atom stereocenters. The van der Waals surface area contributed by atoms with Crippen molar-refractivity contribution in [2.24, 2.45) is 0 Å². The summed E-state index contributed by atoms with van der Waals surface area (Å²) < 4.78 is 43.2. The van der Waals surface area contributed by atoms with Crippen LogP contribution < -0.4 is 4.90 Å². The molecule has 1 aliphatic rings. The molecule has 0 fully saturated rings. The van der Waals surface area contributed by atoms with E-state index < -0.39 is 26.5 Å². The Balaban J connectivity index is 2.27. The molecular weight excluding hydrogens is 357 g/mol. The summed E-state index contributed by atoms with van der Waals surface area (Å²) in [7, 11) is -2.92. The van der Waals surface area contributed by atoms with Gasteiger partial charge in [0, 0.05) is 11.9 Å². The van der Waals surface area contributed by atoms with Crippen LogP contribution in [0.25, 0.3) is 0 Å². The fraction of sp³-hybridized carbons (Fsp3) is 0.0625. The minimum atomic E-state index is -4.02. The highest BCUT2D eigenvalue weighted by atomic mass is 35.5. The summed E-state index contributed by atoms with van der Waals surface area (Å²) in [6.45, 7) is 0. The molecule has 1 aliphatic heterocycles. The number of hydrogen-bond acceptors (Lipinski definition) is 5. The average Bonchev–Trinajstić information content (AvgIpc) is 2.57. The van der Waals surface area contributed by atoms with Gasteiger partial charge in [-0.05, 0) is 30.3 Å². The van der Waals surface area contributed by atoms with Gasteiger partial charge < -0.3 is 9.64 Å². The zero-order valence-corrected chi connectivity index (χ0v) is 13.9. The van der Waals surface area contributed by atoms with Crippen molar-refractivity contribution in [1.82, 2.24) is 0 Å². The summed E-state index contributed by atoms with van der Waals surface area (Å²) in [5.41, 5.74) is 0.734. The van der Waals surface area contributed by atoms with Crippen LogP contribution in [0.5, 0.6) is 0 Å². The van der Waals surface area contributed by atoms with E-state index in [1.165, 1.54) is 23.1 Å². The second-order valence-corrected chi connectivity index (χ2v) is 7.22. The number of carbonyl (C=O) groups excluding carboxylic acids is 1. The molecule has 124 valence electrons. The van der Waals surface area contributed by atoms with Crippen LogP contribution in [0.3, 0.4) is 0 Å². The summed E-state index contributed by atoms with van der Waals surface area (Å²) in [6, 6.07) is 10.1. The number of sulfone groups is 1. The SMILES string of the molecule is COC(=O)C1=CN(c2ccc(F)c(Cl)c2)c2ccccc2S1(=O)=O. The lowest BCUT2D eigenvalue weighted by atomic mass is 10.2. The largest absolute Gasteiger partial charge is 0.465 e. The molecule has 24 heavy (non-hydrogen) atoms. The number of esters is 1. The van der Waals surface area contributed by atoms with Gasteiger partial charge in [-0.1, -0.05) is 23.7 Å². The van der Waals surface area contributed by atoms with Crippen LogP contribution in [-0.4, -0.2) is 21.5 Å². The Morgan fingerprint density at radius 2 is 1.92 bits per heavy atom.